The standard InChI is InChI=1S/C45H85NO8/c1-8-13-18-20-22-29-41(47)51-35-45(36-52-42(48)30-23-21-19-14-9-2,37-53-43(49)31-24-25-34-46(6)7)38-54-44(50)33-32-40(28-17-12-5)39(26-15-10-3)27-16-11-4/h39-40H,8-38H2,1-7H3. The molecule has 0 aliphatic carbocycles. The summed E-state index contributed by atoms with van der Waals surface area (Å²) in [4.78, 5) is 54.3. The Balaban J connectivity index is 5.98. The number of rotatable bonds is 38. The highest BCUT2D eigenvalue weighted by atomic mass is 16.6. The summed E-state index contributed by atoms with van der Waals surface area (Å²) in [6, 6.07) is 0. The van der Waals surface area contributed by atoms with Gasteiger partial charge in [0.25, 0.3) is 0 Å². The highest BCUT2D eigenvalue weighted by Gasteiger charge is 2.38. The summed E-state index contributed by atoms with van der Waals surface area (Å²) >= 11 is 0. The molecule has 0 aromatic rings. The van der Waals surface area contributed by atoms with Crippen LogP contribution in [0.4, 0.5) is 0 Å². The summed E-state index contributed by atoms with van der Waals surface area (Å²) in [5.74, 6) is -0.358. The molecular weight excluding hydrogens is 682 g/mol. The number of carbonyl (C=O) groups is 4. The fourth-order valence-electron chi connectivity index (χ4n) is 6.85. The van der Waals surface area contributed by atoms with Crippen LogP contribution in [0.25, 0.3) is 0 Å². The van der Waals surface area contributed by atoms with Crippen molar-refractivity contribution in [1.29, 1.82) is 0 Å². The molecule has 0 saturated carbocycles. The molecule has 0 aliphatic rings. The third kappa shape index (κ3) is 29.2. The number of ether oxygens (including phenoxy) is 4. The normalized spacial score (nSPS) is 12.2. The van der Waals surface area contributed by atoms with E-state index in [0.717, 1.165) is 103 Å². The maximum Gasteiger partial charge on any atom is 0.305 e. The van der Waals surface area contributed by atoms with Crippen LogP contribution in [-0.4, -0.2) is 75.8 Å². The first kappa shape index (κ1) is 51.8. The van der Waals surface area contributed by atoms with Gasteiger partial charge in [-0.3, -0.25) is 19.2 Å². The molecule has 1 unspecified atom stereocenters. The SMILES string of the molecule is CCCCCCCC(=O)OCC(COC(=O)CCCCCCC)(COC(=O)CCCCN(C)C)COC(=O)CCC(CCCC)C(CCCC)CCCC. The maximum atomic E-state index is 13.5. The first-order valence-electron chi connectivity index (χ1n) is 22.3. The van der Waals surface area contributed by atoms with Crippen LogP contribution in [0.2, 0.25) is 0 Å². The van der Waals surface area contributed by atoms with Crippen molar-refractivity contribution in [2.24, 2.45) is 17.3 Å². The zero-order chi connectivity index (χ0) is 40.3. The molecule has 0 radical (unpaired) electrons. The van der Waals surface area contributed by atoms with Crippen LogP contribution >= 0.6 is 0 Å². The van der Waals surface area contributed by atoms with E-state index in [9.17, 15) is 19.2 Å². The molecule has 318 valence electrons. The molecule has 0 bridgehead atoms. The molecule has 0 aliphatic heterocycles. The molecule has 0 amide bonds. The minimum Gasteiger partial charge on any atom is -0.465 e. The zero-order valence-corrected chi connectivity index (χ0v) is 36.3. The Morgan fingerprint density at radius 3 is 1.07 bits per heavy atom. The highest BCUT2D eigenvalue weighted by Crippen LogP contribution is 2.32. The van der Waals surface area contributed by atoms with Gasteiger partial charge in [0.05, 0.1) is 0 Å². The van der Waals surface area contributed by atoms with Crippen LogP contribution < -0.4 is 0 Å². The number of hydrogen-bond acceptors (Lipinski definition) is 9. The molecule has 0 heterocycles. The Morgan fingerprint density at radius 1 is 0.407 bits per heavy atom. The summed E-state index contributed by atoms with van der Waals surface area (Å²) < 4.78 is 23.3. The van der Waals surface area contributed by atoms with Gasteiger partial charge in [-0.05, 0) is 64.6 Å². The van der Waals surface area contributed by atoms with Gasteiger partial charge in [-0.1, -0.05) is 144 Å². The van der Waals surface area contributed by atoms with Gasteiger partial charge in [0.1, 0.15) is 31.8 Å². The quantitative estimate of drug-likeness (QED) is 0.0344. The first-order valence-corrected chi connectivity index (χ1v) is 22.3. The number of hydrogen-bond donors (Lipinski definition) is 0. The molecule has 0 N–H and O–H groups in total. The van der Waals surface area contributed by atoms with Crippen molar-refractivity contribution >= 4 is 23.9 Å². The lowest BCUT2D eigenvalue weighted by Gasteiger charge is -2.32. The molecule has 9 nitrogen and oxygen atoms in total. The summed E-state index contributed by atoms with van der Waals surface area (Å²) in [6.07, 6.45) is 23.9. The summed E-state index contributed by atoms with van der Waals surface area (Å²) in [5, 5.41) is 0. The van der Waals surface area contributed by atoms with Crippen molar-refractivity contribution in [3.8, 4) is 0 Å². The third-order valence-corrected chi connectivity index (χ3v) is 10.5. The van der Waals surface area contributed by atoms with Crippen molar-refractivity contribution in [3.05, 3.63) is 0 Å². The van der Waals surface area contributed by atoms with E-state index in [0.29, 0.717) is 24.7 Å². The molecule has 9 heteroatoms. The molecule has 0 rings (SSSR count). The number of esters is 4. The molecule has 0 aromatic heterocycles. The first-order chi connectivity index (χ1) is 26.1. The Bertz CT molecular complexity index is 901. The van der Waals surface area contributed by atoms with Crippen molar-refractivity contribution < 1.29 is 38.1 Å². The number of unbranched alkanes of at least 4 members (excludes halogenated alkanes) is 12. The van der Waals surface area contributed by atoms with Crippen molar-refractivity contribution in [2.45, 2.75) is 202 Å². The monoisotopic (exact) mass is 768 g/mol. The fourth-order valence-corrected chi connectivity index (χ4v) is 6.85. The second-order valence-corrected chi connectivity index (χ2v) is 16.2. The van der Waals surface area contributed by atoms with E-state index in [1.807, 2.05) is 14.1 Å². The number of carbonyl (C=O) groups excluding carboxylic acids is 4. The molecule has 0 fully saturated rings. The molecule has 0 spiro atoms. The number of nitrogens with zero attached hydrogens (tertiary/aromatic N) is 1. The molecule has 1 atom stereocenters. The lowest BCUT2D eigenvalue weighted by Crippen LogP contribution is -2.44. The van der Waals surface area contributed by atoms with Gasteiger partial charge >= 0.3 is 23.9 Å². The van der Waals surface area contributed by atoms with Crippen LogP contribution in [0, 0.1) is 17.3 Å². The van der Waals surface area contributed by atoms with Crippen LogP contribution in [0.1, 0.15) is 202 Å². The second-order valence-electron chi connectivity index (χ2n) is 16.2. The lowest BCUT2D eigenvalue weighted by atomic mass is 9.79. The zero-order valence-electron chi connectivity index (χ0n) is 36.3. The smallest absolute Gasteiger partial charge is 0.305 e. The Kier molecular flexibility index (Phi) is 33.9. The Labute approximate surface area is 332 Å². The van der Waals surface area contributed by atoms with Gasteiger partial charge < -0.3 is 23.8 Å². The molecular formula is C45H85NO8. The van der Waals surface area contributed by atoms with E-state index < -0.39 is 5.41 Å². The summed E-state index contributed by atoms with van der Waals surface area (Å²) in [6.45, 7) is 11.1. The van der Waals surface area contributed by atoms with Gasteiger partial charge in [-0.25, -0.2) is 0 Å². The van der Waals surface area contributed by atoms with Crippen molar-refractivity contribution in [2.75, 3.05) is 47.1 Å². The largest absolute Gasteiger partial charge is 0.465 e. The Morgan fingerprint density at radius 2 is 0.722 bits per heavy atom. The second kappa shape index (κ2) is 35.3. The topological polar surface area (TPSA) is 108 Å². The molecule has 54 heavy (non-hydrogen) atoms. The molecule has 0 aromatic carbocycles. The maximum absolute atomic E-state index is 13.5. The van der Waals surface area contributed by atoms with Gasteiger partial charge in [0.15, 0.2) is 0 Å². The van der Waals surface area contributed by atoms with E-state index in [1.165, 1.54) is 38.5 Å². The minimum absolute atomic E-state index is 0.179. The fraction of sp³-hybridized carbons (Fsp3) is 0.911. The van der Waals surface area contributed by atoms with E-state index in [-0.39, 0.29) is 69.6 Å². The predicted octanol–water partition coefficient (Wildman–Crippen LogP) is 11.2. The van der Waals surface area contributed by atoms with E-state index in [4.69, 9.17) is 18.9 Å². The van der Waals surface area contributed by atoms with E-state index in [1.54, 1.807) is 0 Å². The summed E-state index contributed by atoms with van der Waals surface area (Å²) in [5.41, 5.74) is -1.21. The summed E-state index contributed by atoms with van der Waals surface area (Å²) in [7, 11) is 3.99. The third-order valence-electron chi connectivity index (χ3n) is 10.5. The van der Waals surface area contributed by atoms with Crippen LogP contribution in [0.3, 0.4) is 0 Å². The van der Waals surface area contributed by atoms with Gasteiger partial charge in [-0.15, -0.1) is 0 Å². The average molecular weight is 768 g/mol. The Hall–Kier alpha value is -2.16. The van der Waals surface area contributed by atoms with Gasteiger partial charge in [0.2, 0.25) is 0 Å². The van der Waals surface area contributed by atoms with Gasteiger partial charge in [0, 0.05) is 25.7 Å². The van der Waals surface area contributed by atoms with Crippen LogP contribution in [0.15, 0.2) is 0 Å². The van der Waals surface area contributed by atoms with Crippen molar-refractivity contribution in [3.63, 3.8) is 0 Å². The van der Waals surface area contributed by atoms with Crippen LogP contribution in [-0.2, 0) is 38.1 Å². The highest BCUT2D eigenvalue weighted by molar-refractivity contribution is 5.71. The van der Waals surface area contributed by atoms with Crippen LogP contribution in [0.5, 0.6) is 0 Å². The minimum atomic E-state index is -1.21. The van der Waals surface area contributed by atoms with E-state index >= 15 is 0 Å². The van der Waals surface area contributed by atoms with Gasteiger partial charge in [-0.2, -0.15) is 0 Å². The van der Waals surface area contributed by atoms with Crippen molar-refractivity contribution in [1.82, 2.24) is 4.90 Å². The lowest BCUT2D eigenvalue weighted by molar-refractivity contribution is -0.171. The molecule has 0 saturated heterocycles. The predicted molar refractivity (Wildman–Crippen MR) is 220 cm³/mol. The average Bonchev–Trinajstić information content (AvgIpc) is 3.16. The van der Waals surface area contributed by atoms with E-state index in [2.05, 4.69) is 39.5 Å².